The number of piperidine rings is 1. The predicted molar refractivity (Wildman–Crippen MR) is 113 cm³/mol. The quantitative estimate of drug-likeness (QED) is 0.805. The molecular formula is C19H27Cl2N3OS. The summed E-state index contributed by atoms with van der Waals surface area (Å²) in [5, 5.41) is 4.73. The van der Waals surface area contributed by atoms with Crippen LogP contribution < -0.4 is 5.32 Å². The third kappa shape index (κ3) is 4.89. The summed E-state index contributed by atoms with van der Waals surface area (Å²) >= 11 is 1.82. The van der Waals surface area contributed by atoms with Gasteiger partial charge in [-0.25, -0.2) is 4.98 Å². The molecular weight excluding hydrogens is 389 g/mol. The van der Waals surface area contributed by atoms with Crippen LogP contribution in [0.1, 0.15) is 49.5 Å². The lowest BCUT2D eigenvalue weighted by molar-refractivity contribution is -0.132. The summed E-state index contributed by atoms with van der Waals surface area (Å²) in [7, 11) is 0. The maximum Gasteiger partial charge on any atom is 0.222 e. The van der Waals surface area contributed by atoms with Crippen LogP contribution in [0.25, 0.3) is 10.2 Å². The van der Waals surface area contributed by atoms with Gasteiger partial charge in [0.15, 0.2) is 0 Å². The molecule has 4 rings (SSSR count). The Labute approximate surface area is 171 Å². The SMILES string of the molecule is Cl.Cl.O=C(CCC1CCCN1)N1CCC(c2nc3ccccc3s2)CC1. The lowest BCUT2D eigenvalue weighted by atomic mass is 9.97. The zero-order valence-electron chi connectivity index (χ0n) is 14.9. The zero-order valence-corrected chi connectivity index (χ0v) is 17.3. The van der Waals surface area contributed by atoms with Gasteiger partial charge in [0.1, 0.15) is 0 Å². The number of fused-ring (bicyclic) bond motifs is 1. The number of aromatic nitrogens is 1. The number of carbonyl (C=O) groups is 1. The first-order valence-corrected chi connectivity index (χ1v) is 9.98. The molecule has 0 radical (unpaired) electrons. The topological polar surface area (TPSA) is 45.2 Å². The molecule has 4 nitrogen and oxygen atoms in total. The monoisotopic (exact) mass is 415 g/mol. The molecule has 2 aromatic rings. The van der Waals surface area contributed by atoms with Gasteiger partial charge >= 0.3 is 0 Å². The van der Waals surface area contributed by atoms with Crippen molar-refractivity contribution in [2.75, 3.05) is 19.6 Å². The Balaban J connectivity index is 0.00000121. The normalized spacial score (nSPS) is 20.6. The van der Waals surface area contributed by atoms with Gasteiger partial charge in [0.2, 0.25) is 5.91 Å². The van der Waals surface area contributed by atoms with Gasteiger partial charge in [-0.05, 0) is 50.8 Å². The smallest absolute Gasteiger partial charge is 0.222 e. The minimum absolute atomic E-state index is 0. The van der Waals surface area contributed by atoms with E-state index < -0.39 is 0 Å². The van der Waals surface area contributed by atoms with Gasteiger partial charge in [0.25, 0.3) is 0 Å². The van der Waals surface area contributed by atoms with E-state index >= 15 is 0 Å². The fourth-order valence-electron chi connectivity index (χ4n) is 3.90. The van der Waals surface area contributed by atoms with E-state index in [0.717, 1.165) is 44.4 Å². The number of nitrogens with one attached hydrogen (secondary N) is 1. The number of hydrogen-bond donors (Lipinski definition) is 1. The van der Waals surface area contributed by atoms with Crippen LogP contribution in [0.4, 0.5) is 0 Å². The van der Waals surface area contributed by atoms with Crippen LogP contribution in [0, 0.1) is 0 Å². The minimum Gasteiger partial charge on any atom is -0.343 e. The highest BCUT2D eigenvalue weighted by atomic mass is 35.5. The fourth-order valence-corrected chi connectivity index (χ4v) is 5.04. The summed E-state index contributed by atoms with van der Waals surface area (Å²) in [5.74, 6) is 0.856. The molecule has 0 spiro atoms. The van der Waals surface area contributed by atoms with Crippen molar-refractivity contribution in [3.05, 3.63) is 29.3 Å². The molecule has 1 aromatic heterocycles. The highest BCUT2D eigenvalue weighted by molar-refractivity contribution is 7.18. The second-order valence-electron chi connectivity index (χ2n) is 7.01. The maximum atomic E-state index is 12.4. The van der Waals surface area contributed by atoms with Gasteiger partial charge in [-0.15, -0.1) is 36.2 Å². The predicted octanol–water partition coefficient (Wildman–Crippen LogP) is 4.38. The minimum atomic E-state index is 0. The van der Waals surface area contributed by atoms with E-state index in [2.05, 4.69) is 28.4 Å². The zero-order chi connectivity index (χ0) is 16.4. The number of amides is 1. The molecule has 3 heterocycles. The van der Waals surface area contributed by atoms with E-state index in [0.29, 0.717) is 24.3 Å². The molecule has 1 N–H and O–H groups in total. The molecule has 26 heavy (non-hydrogen) atoms. The third-order valence-electron chi connectivity index (χ3n) is 5.38. The van der Waals surface area contributed by atoms with Gasteiger partial charge in [0, 0.05) is 31.5 Å². The van der Waals surface area contributed by atoms with Crippen LogP contribution in [-0.4, -0.2) is 41.5 Å². The van der Waals surface area contributed by atoms with Crippen molar-refractivity contribution in [1.82, 2.24) is 15.2 Å². The van der Waals surface area contributed by atoms with Crippen molar-refractivity contribution in [1.29, 1.82) is 0 Å². The van der Waals surface area contributed by atoms with Crippen LogP contribution in [0.15, 0.2) is 24.3 Å². The fraction of sp³-hybridized carbons (Fsp3) is 0.579. The van der Waals surface area contributed by atoms with Gasteiger partial charge in [-0.1, -0.05) is 12.1 Å². The standard InChI is InChI=1S/C19H25N3OS.2ClH/c23-18(8-7-15-4-3-11-20-15)22-12-9-14(10-13-22)19-21-16-5-1-2-6-17(16)24-19;;/h1-2,5-6,14-15,20H,3-4,7-13H2;2*1H. The molecule has 1 atom stereocenters. The molecule has 2 fully saturated rings. The van der Waals surface area contributed by atoms with Crippen molar-refractivity contribution in [2.24, 2.45) is 0 Å². The van der Waals surface area contributed by atoms with Crippen LogP contribution in [-0.2, 0) is 4.79 Å². The molecule has 2 aliphatic heterocycles. The first kappa shape index (κ1) is 21.4. The summed E-state index contributed by atoms with van der Waals surface area (Å²) in [6, 6.07) is 8.92. The molecule has 0 aliphatic carbocycles. The molecule has 2 aliphatic rings. The Morgan fingerprint density at radius 1 is 1.19 bits per heavy atom. The summed E-state index contributed by atoms with van der Waals surface area (Å²) in [6.07, 6.45) is 6.28. The third-order valence-corrected chi connectivity index (χ3v) is 6.58. The van der Waals surface area contributed by atoms with Crippen molar-refractivity contribution in [3.8, 4) is 0 Å². The van der Waals surface area contributed by atoms with Crippen LogP contribution in [0.3, 0.4) is 0 Å². The number of rotatable bonds is 4. The number of carbonyl (C=O) groups excluding carboxylic acids is 1. The summed E-state index contributed by atoms with van der Waals surface area (Å²) in [6.45, 7) is 2.89. The average Bonchev–Trinajstić information content (AvgIpc) is 3.29. The van der Waals surface area contributed by atoms with E-state index in [4.69, 9.17) is 4.98 Å². The molecule has 0 bridgehead atoms. The van der Waals surface area contributed by atoms with Gasteiger partial charge in [0.05, 0.1) is 15.2 Å². The molecule has 1 aromatic carbocycles. The van der Waals surface area contributed by atoms with E-state index in [1.807, 2.05) is 17.4 Å². The van der Waals surface area contributed by atoms with Crippen molar-refractivity contribution in [3.63, 3.8) is 0 Å². The number of nitrogens with zero attached hydrogens (tertiary/aromatic N) is 2. The highest BCUT2D eigenvalue weighted by Crippen LogP contribution is 2.34. The van der Waals surface area contributed by atoms with E-state index in [-0.39, 0.29) is 24.8 Å². The first-order chi connectivity index (χ1) is 11.8. The number of thiazole rings is 1. The van der Waals surface area contributed by atoms with Crippen molar-refractivity contribution < 1.29 is 4.79 Å². The van der Waals surface area contributed by atoms with Crippen molar-refractivity contribution >= 4 is 52.3 Å². The van der Waals surface area contributed by atoms with Crippen LogP contribution in [0.5, 0.6) is 0 Å². The Kier molecular flexibility index (Phi) is 8.14. The molecule has 1 unspecified atom stereocenters. The average molecular weight is 416 g/mol. The van der Waals surface area contributed by atoms with E-state index in [9.17, 15) is 4.79 Å². The number of halogens is 2. The molecule has 0 saturated carbocycles. The Morgan fingerprint density at radius 3 is 2.65 bits per heavy atom. The van der Waals surface area contributed by atoms with E-state index in [1.165, 1.54) is 22.5 Å². The number of para-hydroxylation sites is 1. The van der Waals surface area contributed by atoms with Crippen LogP contribution in [0.2, 0.25) is 0 Å². The lowest BCUT2D eigenvalue weighted by Crippen LogP contribution is -2.38. The van der Waals surface area contributed by atoms with Crippen molar-refractivity contribution in [2.45, 2.75) is 50.5 Å². The maximum absolute atomic E-state index is 12.4. The Morgan fingerprint density at radius 2 is 1.96 bits per heavy atom. The summed E-state index contributed by atoms with van der Waals surface area (Å²) in [4.78, 5) is 19.3. The summed E-state index contributed by atoms with van der Waals surface area (Å²) < 4.78 is 1.27. The van der Waals surface area contributed by atoms with Gasteiger partial charge < -0.3 is 10.2 Å². The first-order valence-electron chi connectivity index (χ1n) is 9.16. The summed E-state index contributed by atoms with van der Waals surface area (Å²) in [5.41, 5.74) is 1.11. The molecule has 1 amide bonds. The number of benzene rings is 1. The molecule has 144 valence electrons. The Hall–Kier alpha value is -0.880. The highest BCUT2D eigenvalue weighted by Gasteiger charge is 2.26. The molecule has 7 heteroatoms. The largest absolute Gasteiger partial charge is 0.343 e. The second-order valence-corrected chi connectivity index (χ2v) is 8.07. The Bertz CT molecular complexity index is 677. The molecule has 2 saturated heterocycles. The number of likely N-dealkylation sites (tertiary alicyclic amines) is 1. The second kappa shape index (κ2) is 9.88. The number of hydrogen-bond acceptors (Lipinski definition) is 4. The van der Waals surface area contributed by atoms with Gasteiger partial charge in [-0.3, -0.25) is 4.79 Å². The lowest BCUT2D eigenvalue weighted by Gasteiger charge is -2.31. The van der Waals surface area contributed by atoms with E-state index in [1.54, 1.807) is 0 Å². The van der Waals surface area contributed by atoms with Gasteiger partial charge in [-0.2, -0.15) is 0 Å². The van der Waals surface area contributed by atoms with Crippen LogP contribution >= 0.6 is 36.2 Å².